The van der Waals surface area contributed by atoms with Gasteiger partial charge < -0.3 is 20.7 Å². The Labute approximate surface area is 242 Å². The van der Waals surface area contributed by atoms with Gasteiger partial charge in [-0.15, -0.1) is 0 Å². The molecule has 0 radical (unpaired) electrons. The first-order valence-electron chi connectivity index (χ1n) is 13.5. The molecule has 2 aromatic carbocycles. The number of ether oxygens (including phenoxy) is 1. The normalized spacial score (nSPS) is 21.2. The Morgan fingerprint density at radius 3 is 2.52 bits per heavy atom. The first kappa shape index (κ1) is 30.3. The van der Waals surface area contributed by atoms with Gasteiger partial charge in [-0.3, -0.25) is 9.59 Å². The van der Waals surface area contributed by atoms with Crippen molar-refractivity contribution in [1.82, 2.24) is 20.3 Å². The number of nitrogens with zero attached hydrogens (tertiary/aromatic N) is 1. The summed E-state index contributed by atoms with van der Waals surface area (Å²) in [5, 5.41) is 9.83. The Morgan fingerprint density at radius 1 is 1.20 bits per heavy atom. The number of hydrogen-bond donors (Lipinski definition) is 3. The van der Waals surface area contributed by atoms with Crippen molar-refractivity contribution in [2.75, 3.05) is 13.2 Å². The molecule has 0 spiro atoms. The summed E-state index contributed by atoms with van der Waals surface area (Å²) in [5.74, 6) is -0.294. The summed E-state index contributed by atoms with van der Waals surface area (Å²) in [6, 6.07) is 8.59. The van der Waals surface area contributed by atoms with Gasteiger partial charge in [0.2, 0.25) is 21.8 Å². The monoisotopic (exact) mass is 590 g/mol. The molecule has 4 rings (SSSR count). The Kier molecular flexibility index (Phi) is 8.57. The molecular weight excluding hydrogens is 552 g/mol. The average molecular weight is 591 g/mol. The van der Waals surface area contributed by atoms with Crippen LogP contribution in [0.15, 0.2) is 41.3 Å². The Morgan fingerprint density at radius 2 is 1.88 bits per heavy atom. The predicted octanol–water partition coefficient (Wildman–Crippen LogP) is 3.83. The molecule has 0 aliphatic carbocycles. The Bertz CT molecular complexity index is 1390. The van der Waals surface area contributed by atoms with Gasteiger partial charge in [0.05, 0.1) is 24.0 Å². The summed E-state index contributed by atoms with van der Waals surface area (Å²) in [4.78, 5) is 26.6. The lowest BCUT2D eigenvalue weighted by Crippen LogP contribution is -2.66. The standard InChI is InChI=1S/C29H39ClN4O5S/c1-18-7-9-20(10-8-18)40(37,38)34-17-29(5,6)33-27(36)24(34)15-26(35)32-23-11-12-39-25-13-19(16-31-28(2,3)4)22(30)14-21(23)25/h7-10,13-14,23-24,31H,11-12,15-17H2,1-6H3,(H,32,35)(H,33,36)/t23-,24-/m1/s1. The van der Waals surface area contributed by atoms with Crippen molar-refractivity contribution in [3.05, 3.63) is 58.1 Å². The zero-order valence-electron chi connectivity index (χ0n) is 23.9. The quantitative estimate of drug-likeness (QED) is 0.451. The van der Waals surface area contributed by atoms with E-state index in [0.29, 0.717) is 30.3 Å². The molecule has 2 aliphatic heterocycles. The van der Waals surface area contributed by atoms with Crippen LogP contribution >= 0.6 is 11.6 Å². The third kappa shape index (κ3) is 6.97. The number of amides is 2. The van der Waals surface area contributed by atoms with Crippen molar-refractivity contribution < 1.29 is 22.7 Å². The summed E-state index contributed by atoms with van der Waals surface area (Å²) < 4.78 is 34.3. The van der Waals surface area contributed by atoms with E-state index in [4.69, 9.17) is 16.3 Å². The lowest BCUT2D eigenvalue weighted by Gasteiger charge is -2.42. The molecule has 11 heteroatoms. The van der Waals surface area contributed by atoms with Crippen molar-refractivity contribution >= 4 is 33.4 Å². The minimum Gasteiger partial charge on any atom is -0.493 e. The maximum Gasteiger partial charge on any atom is 0.243 e. The summed E-state index contributed by atoms with van der Waals surface area (Å²) >= 11 is 6.60. The third-order valence-corrected chi connectivity index (χ3v) is 9.25. The number of hydrogen-bond acceptors (Lipinski definition) is 6. The smallest absolute Gasteiger partial charge is 0.243 e. The van der Waals surface area contributed by atoms with Crippen LogP contribution < -0.4 is 20.7 Å². The number of aryl methyl sites for hydroxylation is 1. The van der Waals surface area contributed by atoms with Crippen LogP contribution in [-0.4, -0.2) is 54.8 Å². The Hall–Kier alpha value is -2.66. The van der Waals surface area contributed by atoms with E-state index < -0.39 is 33.4 Å². The molecule has 2 atom stereocenters. The first-order chi connectivity index (χ1) is 18.6. The van der Waals surface area contributed by atoms with Crippen molar-refractivity contribution in [3.63, 3.8) is 0 Å². The molecule has 2 heterocycles. The number of nitrogens with one attached hydrogen (secondary N) is 3. The fourth-order valence-corrected chi connectivity index (χ4v) is 6.89. The Balaban J connectivity index is 1.54. The number of fused-ring (bicyclic) bond motifs is 1. The van der Waals surface area contributed by atoms with Crippen LogP contribution in [0.25, 0.3) is 0 Å². The number of halogens is 1. The first-order valence-corrected chi connectivity index (χ1v) is 15.3. The van der Waals surface area contributed by atoms with Crippen molar-refractivity contribution in [1.29, 1.82) is 0 Å². The summed E-state index contributed by atoms with van der Waals surface area (Å²) in [6.45, 7) is 12.6. The SMILES string of the molecule is Cc1ccc(S(=O)(=O)N2CC(C)(C)NC(=O)[C@H]2CC(=O)N[C@@H]2CCOc3cc(CNC(C)(C)C)c(Cl)cc32)cc1. The van der Waals surface area contributed by atoms with Gasteiger partial charge in [0.15, 0.2) is 0 Å². The second-order valence-electron chi connectivity index (χ2n) is 12.3. The third-order valence-electron chi connectivity index (χ3n) is 7.03. The summed E-state index contributed by atoms with van der Waals surface area (Å²) in [5.41, 5.74) is 1.68. The number of carbonyl (C=O) groups is 2. The van der Waals surface area contributed by atoms with E-state index in [1.54, 1.807) is 26.0 Å². The largest absolute Gasteiger partial charge is 0.493 e. The second-order valence-corrected chi connectivity index (χ2v) is 14.6. The van der Waals surface area contributed by atoms with Gasteiger partial charge in [-0.1, -0.05) is 29.3 Å². The number of piperazine rings is 1. The van der Waals surface area contributed by atoms with E-state index in [1.165, 1.54) is 12.1 Å². The van der Waals surface area contributed by atoms with Crippen molar-refractivity contribution in [2.24, 2.45) is 0 Å². The van der Waals surface area contributed by atoms with Crippen molar-refractivity contribution in [3.8, 4) is 5.75 Å². The molecule has 0 unspecified atom stereocenters. The fraction of sp³-hybridized carbons (Fsp3) is 0.517. The van der Waals surface area contributed by atoms with Crippen LogP contribution in [-0.2, 0) is 26.2 Å². The highest BCUT2D eigenvalue weighted by Crippen LogP contribution is 2.37. The molecule has 2 amide bonds. The molecule has 2 aromatic rings. The highest BCUT2D eigenvalue weighted by atomic mass is 35.5. The summed E-state index contributed by atoms with van der Waals surface area (Å²) in [6.07, 6.45) is 0.199. The molecule has 1 saturated heterocycles. The second kappa shape index (κ2) is 11.3. The number of rotatable bonds is 7. The maximum atomic E-state index is 13.6. The van der Waals surface area contributed by atoms with Gasteiger partial charge in [-0.25, -0.2) is 8.42 Å². The lowest BCUT2D eigenvalue weighted by atomic mass is 9.97. The molecule has 1 fully saturated rings. The van der Waals surface area contributed by atoms with Gasteiger partial charge in [0.1, 0.15) is 11.8 Å². The van der Waals surface area contributed by atoms with Gasteiger partial charge in [-0.2, -0.15) is 4.31 Å². The molecule has 0 aromatic heterocycles. The molecular formula is C29H39ClN4O5S. The van der Waals surface area contributed by atoms with E-state index in [1.807, 2.05) is 19.1 Å². The van der Waals surface area contributed by atoms with Gasteiger partial charge in [0.25, 0.3) is 0 Å². The van der Waals surface area contributed by atoms with Crippen LogP contribution in [0.5, 0.6) is 5.75 Å². The highest BCUT2D eigenvalue weighted by molar-refractivity contribution is 7.89. The topological polar surface area (TPSA) is 117 Å². The number of sulfonamides is 1. The van der Waals surface area contributed by atoms with Gasteiger partial charge in [0, 0.05) is 41.2 Å². The van der Waals surface area contributed by atoms with Gasteiger partial charge >= 0.3 is 0 Å². The van der Waals surface area contributed by atoms with Crippen LogP contribution in [0, 0.1) is 6.92 Å². The van der Waals surface area contributed by atoms with Crippen LogP contribution in [0.4, 0.5) is 0 Å². The zero-order valence-corrected chi connectivity index (χ0v) is 25.5. The minimum absolute atomic E-state index is 0.0357. The van der Waals surface area contributed by atoms with E-state index in [9.17, 15) is 18.0 Å². The number of carbonyl (C=O) groups excluding carboxylic acids is 2. The van der Waals surface area contributed by atoms with E-state index in [-0.39, 0.29) is 29.4 Å². The van der Waals surface area contributed by atoms with Gasteiger partial charge in [-0.05, 0) is 71.4 Å². The summed E-state index contributed by atoms with van der Waals surface area (Å²) in [7, 11) is -4.04. The zero-order chi connectivity index (χ0) is 29.5. The molecule has 40 heavy (non-hydrogen) atoms. The molecule has 9 nitrogen and oxygen atoms in total. The maximum absolute atomic E-state index is 13.6. The fourth-order valence-electron chi connectivity index (χ4n) is 4.90. The van der Waals surface area contributed by atoms with Crippen LogP contribution in [0.1, 0.15) is 70.2 Å². The van der Waals surface area contributed by atoms with Crippen LogP contribution in [0.2, 0.25) is 5.02 Å². The van der Waals surface area contributed by atoms with Crippen molar-refractivity contribution in [2.45, 2.75) is 89.0 Å². The molecule has 0 bridgehead atoms. The minimum atomic E-state index is -4.04. The average Bonchev–Trinajstić information content (AvgIpc) is 2.84. The predicted molar refractivity (Wildman–Crippen MR) is 155 cm³/mol. The lowest BCUT2D eigenvalue weighted by molar-refractivity contribution is -0.134. The molecule has 3 N–H and O–H groups in total. The number of benzene rings is 2. The van der Waals surface area contributed by atoms with Crippen LogP contribution in [0.3, 0.4) is 0 Å². The van der Waals surface area contributed by atoms with E-state index in [0.717, 1.165) is 21.0 Å². The van der Waals surface area contributed by atoms with E-state index in [2.05, 4.69) is 36.7 Å². The highest BCUT2D eigenvalue weighted by Gasteiger charge is 2.45. The molecule has 218 valence electrons. The van der Waals surface area contributed by atoms with E-state index >= 15 is 0 Å². The molecule has 2 aliphatic rings. The molecule has 0 saturated carbocycles.